The van der Waals surface area contributed by atoms with E-state index >= 15 is 0 Å². The van der Waals surface area contributed by atoms with Crippen molar-refractivity contribution in [3.63, 3.8) is 0 Å². The Morgan fingerprint density at radius 2 is 1.38 bits per heavy atom. The summed E-state index contributed by atoms with van der Waals surface area (Å²) in [6.07, 6.45) is 0. The second-order valence-corrected chi connectivity index (χ2v) is 7.94. The molecule has 0 aliphatic heterocycles. The molecule has 0 nitrogen and oxygen atoms in total. The molecular weight excluding hydrogens is 308 g/mol. The van der Waals surface area contributed by atoms with E-state index in [1.807, 2.05) is 0 Å². The predicted octanol–water partition coefficient (Wildman–Crippen LogP) is 6.80. The van der Waals surface area contributed by atoms with Gasteiger partial charge >= 0.3 is 0 Å². The Labute approximate surface area is 150 Å². The van der Waals surface area contributed by atoms with Gasteiger partial charge in [0.05, 0.1) is 0 Å². The highest BCUT2D eigenvalue weighted by Gasteiger charge is 2.30. The van der Waals surface area contributed by atoms with Crippen molar-refractivity contribution in [2.45, 2.75) is 52.4 Å². The van der Waals surface area contributed by atoms with Gasteiger partial charge in [0.2, 0.25) is 0 Å². The molecule has 1 heteroatoms. The third-order valence-electron chi connectivity index (χ3n) is 5.82. The summed E-state index contributed by atoms with van der Waals surface area (Å²) in [4.78, 5) is 1.14. The van der Waals surface area contributed by atoms with Crippen LogP contribution < -0.4 is 0 Å². The minimum atomic E-state index is 0.437. The fraction of sp³-hybridized carbons (Fsp3) is 0.304. The van der Waals surface area contributed by atoms with Gasteiger partial charge in [-0.2, -0.15) is 0 Å². The molecule has 0 amide bonds. The van der Waals surface area contributed by atoms with Crippen LogP contribution in [0.3, 0.4) is 0 Å². The molecule has 122 valence electrons. The molecule has 0 N–H and O–H groups in total. The standard InChI is InChI=1S/C23H24S/c1-11-7-12(2)20-14(4)21-15(5)22-16(6)23(24)13(3)9-18(22)19(21)10-17(20)8-11/h7-10,15,24H,1-6H3. The summed E-state index contributed by atoms with van der Waals surface area (Å²) >= 11 is 4.75. The van der Waals surface area contributed by atoms with Gasteiger partial charge in [0.15, 0.2) is 0 Å². The normalized spacial score (nSPS) is 15.7. The van der Waals surface area contributed by atoms with E-state index in [0.717, 1.165) is 4.90 Å². The average Bonchev–Trinajstić information content (AvgIpc) is 2.77. The molecule has 4 rings (SSSR count). The van der Waals surface area contributed by atoms with Crippen molar-refractivity contribution in [1.82, 2.24) is 0 Å². The van der Waals surface area contributed by atoms with Crippen LogP contribution in [0.2, 0.25) is 0 Å². The molecule has 0 radical (unpaired) electrons. The van der Waals surface area contributed by atoms with Crippen molar-refractivity contribution in [3.8, 4) is 11.1 Å². The maximum Gasteiger partial charge on any atom is 0.0102 e. The van der Waals surface area contributed by atoms with Crippen molar-refractivity contribution in [1.29, 1.82) is 0 Å². The van der Waals surface area contributed by atoms with Crippen LogP contribution in [0.5, 0.6) is 0 Å². The molecule has 1 aliphatic rings. The number of thiol groups is 1. The monoisotopic (exact) mass is 332 g/mol. The van der Waals surface area contributed by atoms with Gasteiger partial charge < -0.3 is 0 Å². The highest BCUT2D eigenvalue weighted by atomic mass is 32.1. The first kappa shape index (κ1) is 15.8. The molecule has 1 aliphatic carbocycles. The fourth-order valence-corrected chi connectivity index (χ4v) is 5.08. The first-order chi connectivity index (χ1) is 11.3. The number of hydrogen-bond acceptors (Lipinski definition) is 1. The van der Waals surface area contributed by atoms with E-state index in [1.165, 1.54) is 60.8 Å². The van der Waals surface area contributed by atoms with E-state index in [9.17, 15) is 0 Å². The Morgan fingerprint density at radius 3 is 2.08 bits per heavy atom. The molecule has 24 heavy (non-hydrogen) atoms. The fourth-order valence-electron chi connectivity index (χ4n) is 4.89. The lowest BCUT2D eigenvalue weighted by Crippen LogP contribution is -1.98. The Morgan fingerprint density at radius 1 is 0.750 bits per heavy atom. The summed E-state index contributed by atoms with van der Waals surface area (Å²) in [5.41, 5.74) is 12.6. The molecule has 0 bridgehead atoms. The highest BCUT2D eigenvalue weighted by Crippen LogP contribution is 2.51. The van der Waals surface area contributed by atoms with Gasteiger partial charge in [0, 0.05) is 10.8 Å². The van der Waals surface area contributed by atoms with Gasteiger partial charge in [-0.1, -0.05) is 30.7 Å². The van der Waals surface area contributed by atoms with E-state index in [-0.39, 0.29) is 0 Å². The van der Waals surface area contributed by atoms with Gasteiger partial charge in [-0.15, -0.1) is 12.6 Å². The van der Waals surface area contributed by atoms with Crippen LogP contribution in [0.4, 0.5) is 0 Å². The van der Waals surface area contributed by atoms with Crippen molar-refractivity contribution in [2.75, 3.05) is 0 Å². The summed E-state index contributed by atoms with van der Waals surface area (Å²) in [5.74, 6) is 0.437. The van der Waals surface area contributed by atoms with Crippen LogP contribution in [-0.2, 0) is 0 Å². The van der Waals surface area contributed by atoms with Gasteiger partial charge in [-0.25, -0.2) is 0 Å². The molecule has 0 aromatic heterocycles. The Balaban J connectivity index is 2.16. The quantitative estimate of drug-likeness (QED) is 0.430. The molecule has 0 saturated heterocycles. The number of fused-ring (bicyclic) bond motifs is 4. The lowest BCUT2D eigenvalue weighted by molar-refractivity contribution is 0.924. The van der Waals surface area contributed by atoms with Gasteiger partial charge in [0.25, 0.3) is 0 Å². The SMILES string of the molecule is Cc1cc(C)c2c(C)c3c(cc2c1)-c1cc(C)c(S)c(C)c1C3C. The molecule has 3 aromatic rings. The molecule has 1 atom stereocenters. The van der Waals surface area contributed by atoms with Crippen LogP contribution in [0.1, 0.15) is 51.8 Å². The average molecular weight is 333 g/mol. The molecule has 0 heterocycles. The minimum absolute atomic E-state index is 0.437. The van der Waals surface area contributed by atoms with Gasteiger partial charge in [0.1, 0.15) is 0 Å². The van der Waals surface area contributed by atoms with Crippen molar-refractivity contribution in [3.05, 3.63) is 63.2 Å². The zero-order valence-electron chi connectivity index (χ0n) is 15.3. The van der Waals surface area contributed by atoms with Crippen molar-refractivity contribution in [2.24, 2.45) is 0 Å². The first-order valence-electron chi connectivity index (χ1n) is 8.69. The molecular formula is C23H24S. The molecule has 1 unspecified atom stereocenters. The minimum Gasteiger partial charge on any atom is -0.143 e. The van der Waals surface area contributed by atoms with Crippen molar-refractivity contribution < 1.29 is 0 Å². The second kappa shape index (κ2) is 5.13. The van der Waals surface area contributed by atoms with Gasteiger partial charge in [-0.3, -0.25) is 0 Å². The summed E-state index contributed by atoms with van der Waals surface area (Å²) in [6.45, 7) is 13.5. The van der Waals surface area contributed by atoms with E-state index in [2.05, 4.69) is 65.8 Å². The number of aryl methyl sites for hydroxylation is 4. The third kappa shape index (κ3) is 1.94. The number of rotatable bonds is 0. The Bertz CT molecular complexity index is 1020. The molecule has 3 aromatic carbocycles. The summed E-state index contributed by atoms with van der Waals surface area (Å²) in [6, 6.07) is 9.37. The second-order valence-electron chi connectivity index (χ2n) is 7.49. The van der Waals surface area contributed by atoms with Crippen LogP contribution in [0.15, 0.2) is 29.2 Å². The molecule has 0 fully saturated rings. The predicted molar refractivity (Wildman–Crippen MR) is 108 cm³/mol. The summed E-state index contributed by atoms with van der Waals surface area (Å²) in [7, 11) is 0. The van der Waals surface area contributed by atoms with Crippen LogP contribution >= 0.6 is 12.6 Å². The summed E-state index contributed by atoms with van der Waals surface area (Å²) < 4.78 is 0. The molecule has 0 saturated carbocycles. The number of hydrogen-bond donors (Lipinski definition) is 1. The lowest BCUT2D eigenvalue weighted by Gasteiger charge is -2.16. The van der Waals surface area contributed by atoms with Crippen LogP contribution in [0.25, 0.3) is 21.9 Å². The van der Waals surface area contributed by atoms with E-state index in [1.54, 1.807) is 0 Å². The number of benzene rings is 3. The zero-order valence-corrected chi connectivity index (χ0v) is 16.2. The van der Waals surface area contributed by atoms with Crippen LogP contribution in [0, 0.1) is 34.6 Å². The smallest absolute Gasteiger partial charge is 0.0102 e. The van der Waals surface area contributed by atoms with Gasteiger partial charge in [-0.05, 0) is 96.0 Å². The van der Waals surface area contributed by atoms with Crippen molar-refractivity contribution >= 4 is 23.4 Å². The highest BCUT2D eigenvalue weighted by molar-refractivity contribution is 7.80. The largest absolute Gasteiger partial charge is 0.143 e. The van der Waals surface area contributed by atoms with Crippen LogP contribution in [-0.4, -0.2) is 0 Å². The maximum absolute atomic E-state index is 4.75. The first-order valence-corrected chi connectivity index (χ1v) is 9.13. The Kier molecular flexibility index (Phi) is 3.37. The lowest BCUT2D eigenvalue weighted by atomic mass is 9.88. The topological polar surface area (TPSA) is 0 Å². The Hall–Kier alpha value is -1.73. The van der Waals surface area contributed by atoms with E-state index in [0.29, 0.717) is 5.92 Å². The molecule has 0 spiro atoms. The third-order valence-corrected chi connectivity index (χ3v) is 6.51. The maximum atomic E-state index is 4.75. The van der Waals surface area contributed by atoms with E-state index in [4.69, 9.17) is 12.6 Å². The zero-order chi connectivity index (χ0) is 17.3. The van der Waals surface area contributed by atoms with E-state index < -0.39 is 0 Å². The summed E-state index contributed by atoms with van der Waals surface area (Å²) in [5, 5.41) is 2.80.